The Hall–Kier alpha value is -2.03. The molecule has 0 fully saturated rings. The summed E-state index contributed by atoms with van der Waals surface area (Å²) < 4.78 is 2.01. The average Bonchev–Trinajstić information content (AvgIpc) is 2.69. The van der Waals surface area contributed by atoms with Gasteiger partial charge in [0.15, 0.2) is 0 Å². The lowest BCUT2D eigenvalue weighted by molar-refractivity contribution is 1.08. The second-order valence-electron chi connectivity index (χ2n) is 4.09. The average molecular weight is 211 g/mol. The van der Waals surface area contributed by atoms with Crippen LogP contribution in [-0.4, -0.2) is 9.38 Å². The van der Waals surface area contributed by atoms with Gasteiger partial charge in [-0.2, -0.15) is 0 Å². The zero-order chi connectivity index (χ0) is 11.3. The molecule has 0 atom stereocenters. The van der Waals surface area contributed by atoms with Crippen LogP contribution in [0.4, 0.5) is 5.95 Å². The molecule has 0 aliphatic heterocycles. The number of nitrogens with zero attached hydrogens (tertiary/aromatic N) is 2. The van der Waals surface area contributed by atoms with Crippen LogP contribution in [0.5, 0.6) is 0 Å². The van der Waals surface area contributed by atoms with Crippen molar-refractivity contribution in [3.8, 4) is 0 Å². The summed E-state index contributed by atoms with van der Waals surface area (Å²) in [4.78, 5) is 4.19. The molecule has 0 aliphatic rings. The fourth-order valence-corrected chi connectivity index (χ4v) is 2.30. The number of hydrogen-bond donors (Lipinski definition) is 1. The van der Waals surface area contributed by atoms with Crippen molar-refractivity contribution in [2.75, 3.05) is 5.73 Å². The molecule has 2 heterocycles. The predicted octanol–water partition coefficient (Wildman–Crippen LogP) is 2.69. The van der Waals surface area contributed by atoms with E-state index in [1.165, 1.54) is 16.3 Å². The Morgan fingerprint density at radius 1 is 1.12 bits per heavy atom. The van der Waals surface area contributed by atoms with Crippen LogP contribution in [0.1, 0.15) is 11.3 Å². The van der Waals surface area contributed by atoms with E-state index in [2.05, 4.69) is 37.0 Å². The first kappa shape index (κ1) is 9.21. The number of imidazole rings is 1. The van der Waals surface area contributed by atoms with Crippen molar-refractivity contribution in [1.29, 1.82) is 0 Å². The van der Waals surface area contributed by atoms with Crippen LogP contribution in [0.2, 0.25) is 0 Å². The summed E-state index contributed by atoms with van der Waals surface area (Å²) in [5.74, 6) is 0.557. The van der Waals surface area contributed by atoms with Gasteiger partial charge in [0, 0.05) is 11.1 Å². The van der Waals surface area contributed by atoms with Gasteiger partial charge in [0.25, 0.3) is 0 Å². The molecule has 3 nitrogen and oxygen atoms in total. The smallest absolute Gasteiger partial charge is 0.205 e. The molecule has 0 radical (unpaired) electrons. The molecule has 1 aromatic carbocycles. The third kappa shape index (κ3) is 0.999. The lowest BCUT2D eigenvalue weighted by atomic mass is 10.0. The minimum atomic E-state index is 0.557. The largest absolute Gasteiger partial charge is 0.369 e. The molecule has 0 amide bonds. The van der Waals surface area contributed by atoms with Gasteiger partial charge < -0.3 is 5.73 Å². The Bertz CT molecular complexity index is 695. The van der Waals surface area contributed by atoms with Crippen LogP contribution in [-0.2, 0) is 0 Å². The Morgan fingerprint density at radius 3 is 2.56 bits per heavy atom. The first-order chi connectivity index (χ1) is 7.70. The molecule has 3 heteroatoms. The predicted molar refractivity (Wildman–Crippen MR) is 66.6 cm³/mol. The molecule has 0 bridgehead atoms. The molecule has 0 saturated heterocycles. The first-order valence-electron chi connectivity index (χ1n) is 5.31. The maximum Gasteiger partial charge on any atom is 0.205 e. The van der Waals surface area contributed by atoms with Crippen molar-refractivity contribution >= 4 is 22.2 Å². The maximum absolute atomic E-state index is 5.89. The lowest BCUT2D eigenvalue weighted by Crippen LogP contribution is -2.00. The number of hydrogen-bond acceptors (Lipinski definition) is 2. The summed E-state index contributed by atoms with van der Waals surface area (Å²) >= 11 is 0. The normalized spacial score (nSPS) is 11.4. The summed E-state index contributed by atoms with van der Waals surface area (Å²) in [6.07, 6.45) is 1.84. The molecule has 3 rings (SSSR count). The molecule has 2 aromatic heterocycles. The van der Waals surface area contributed by atoms with E-state index in [0.29, 0.717) is 5.95 Å². The fraction of sp³-hybridized carbons (Fsp3) is 0.154. The molecule has 0 saturated carbocycles. The molecule has 0 unspecified atom stereocenters. The van der Waals surface area contributed by atoms with Crippen molar-refractivity contribution in [2.45, 2.75) is 13.8 Å². The van der Waals surface area contributed by atoms with Gasteiger partial charge in [-0.25, -0.2) is 4.98 Å². The van der Waals surface area contributed by atoms with Crippen LogP contribution in [0.25, 0.3) is 16.3 Å². The highest BCUT2D eigenvalue weighted by atomic mass is 15.1. The summed E-state index contributed by atoms with van der Waals surface area (Å²) in [6.45, 7) is 4.20. The fourth-order valence-electron chi connectivity index (χ4n) is 2.30. The van der Waals surface area contributed by atoms with Gasteiger partial charge in [0.05, 0.1) is 11.7 Å². The highest BCUT2D eigenvalue weighted by Gasteiger charge is 2.10. The van der Waals surface area contributed by atoms with Crippen molar-refractivity contribution in [3.63, 3.8) is 0 Å². The molecule has 0 aliphatic carbocycles. The van der Waals surface area contributed by atoms with Crippen molar-refractivity contribution in [1.82, 2.24) is 9.38 Å². The Labute approximate surface area is 93.5 Å². The van der Waals surface area contributed by atoms with Crippen LogP contribution in [0, 0.1) is 13.8 Å². The molecular formula is C13H13N3. The Kier molecular flexibility index (Phi) is 1.72. The number of nitrogens with two attached hydrogens (primary N) is 1. The number of nitrogen functional groups attached to an aromatic ring is 1. The highest BCUT2D eigenvalue weighted by Crippen LogP contribution is 2.27. The van der Waals surface area contributed by atoms with Gasteiger partial charge in [-0.3, -0.25) is 4.40 Å². The van der Waals surface area contributed by atoms with Crippen LogP contribution in [0.3, 0.4) is 0 Å². The quantitative estimate of drug-likeness (QED) is 0.621. The minimum Gasteiger partial charge on any atom is -0.369 e. The van der Waals surface area contributed by atoms with Gasteiger partial charge in [0.2, 0.25) is 5.95 Å². The lowest BCUT2D eigenvalue weighted by Gasteiger charge is -2.10. The van der Waals surface area contributed by atoms with E-state index >= 15 is 0 Å². The third-order valence-corrected chi connectivity index (χ3v) is 3.27. The third-order valence-electron chi connectivity index (χ3n) is 3.27. The summed E-state index contributed by atoms with van der Waals surface area (Å²) in [5.41, 5.74) is 9.38. The first-order valence-corrected chi connectivity index (χ1v) is 5.31. The van der Waals surface area contributed by atoms with Gasteiger partial charge in [-0.15, -0.1) is 0 Å². The number of aryl methyl sites for hydroxylation is 2. The summed E-state index contributed by atoms with van der Waals surface area (Å²) in [6, 6.07) is 8.35. The SMILES string of the molecule is Cc1c(C)n2c(N)ncc2c2ccccc12. The number of fused-ring (bicyclic) bond motifs is 3. The molecule has 3 aromatic rings. The number of benzene rings is 1. The van der Waals surface area contributed by atoms with Crippen molar-refractivity contribution in [2.24, 2.45) is 0 Å². The standard InChI is InChI=1S/C13H13N3/c1-8-9(2)16-12(7-15-13(16)14)11-6-4-3-5-10(8)11/h3-7H,1-2H3,(H2,14,15). The van der Waals surface area contributed by atoms with E-state index in [1.807, 2.05) is 16.7 Å². The second kappa shape index (κ2) is 2.98. The van der Waals surface area contributed by atoms with Crippen LogP contribution < -0.4 is 5.73 Å². The van der Waals surface area contributed by atoms with Gasteiger partial charge >= 0.3 is 0 Å². The number of pyridine rings is 1. The van der Waals surface area contributed by atoms with Gasteiger partial charge in [-0.1, -0.05) is 24.3 Å². The summed E-state index contributed by atoms with van der Waals surface area (Å²) in [5, 5.41) is 2.47. The van der Waals surface area contributed by atoms with E-state index in [0.717, 1.165) is 11.2 Å². The molecule has 80 valence electrons. The zero-order valence-electron chi connectivity index (χ0n) is 9.36. The van der Waals surface area contributed by atoms with Crippen LogP contribution >= 0.6 is 0 Å². The number of aromatic nitrogens is 2. The molecule has 0 spiro atoms. The second-order valence-corrected chi connectivity index (χ2v) is 4.09. The van der Waals surface area contributed by atoms with Crippen molar-refractivity contribution in [3.05, 3.63) is 41.7 Å². The number of anilines is 1. The number of rotatable bonds is 0. The maximum atomic E-state index is 5.89. The topological polar surface area (TPSA) is 43.3 Å². The zero-order valence-corrected chi connectivity index (χ0v) is 9.36. The molecule has 16 heavy (non-hydrogen) atoms. The van der Waals surface area contributed by atoms with E-state index in [-0.39, 0.29) is 0 Å². The summed E-state index contributed by atoms with van der Waals surface area (Å²) in [7, 11) is 0. The van der Waals surface area contributed by atoms with Gasteiger partial charge in [-0.05, 0) is 24.8 Å². The van der Waals surface area contributed by atoms with Gasteiger partial charge in [0.1, 0.15) is 0 Å². The molecular weight excluding hydrogens is 198 g/mol. The highest BCUT2D eigenvalue weighted by molar-refractivity contribution is 5.98. The Balaban J connectivity index is 2.70. The minimum absolute atomic E-state index is 0.557. The Morgan fingerprint density at radius 2 is 1.81 bits per heavy atom. The van der Waals surface area contributed by atoms with E-state index in [4.69, 9.17) is 5.73 Å². The van der Waals surface area contributed by atoms with Crippen LogP contribution in [0.15, 0.2) is 30.5 Å². The van der Waals surface area contributed by atoms with E-state index in [1.54, 1.807) is 0 Å². The molecule has 2 N–H and O–H groups in total. The van der Waals surface area contributed by atoms with E-state index in [9.17, 15) is 0 Å². The van der Waals surface area contributed by atoms with E-state index < -0.39 is 0 Å². The van der Waals surface area contributed by atoms with Crippen molar-refractivity contribution < 1.29 is 0 Å². The monoisotopic (exact) mass is 211 g/mol.